The Hall–Kier alpha value is -2.06. The molecule has 0 N–H and O–H groups in total. The minimum Gasteiger partial charge on any atom is -0.417 e. The first-order chi connectivity index (χ1) is 8.98. The number of hydrogen-bond acceptors (Lipinski definition) is 2. The van der Waals surface area contributed by atoms with Gasteiger partial charge in [-0.25, -0.2) is 13.6 Å². The van der Waals surface area contributed by atoms with Crippen molar-refractivity contribution in [1.29, 1.82) is 0 Å². The van der Waals surface area contributed by atoms with Gasteiger partial charge in [-0.2, -0.15) is 22.0 Å². The van der Waals surface area contributed by atoms with Crippen molar-refractivity contribution < 1.29 is 40.3 Å². The molecular weight excluding hydrogens is 297 g/mol. The molecule has 0 aliphatic carbocycles. The highest BCUT2D eigenvalue weighted by Crippen LogP contribution is 2.39. The second-order valence-electron chi connectivity index (χ2n) is 3.63. The summed E-state index contributed by atoms with van der Waals surface area (Å²) in [5.41, 5.74) is -3.13. The van der Waals surface area contributed by atoms with E-state index in [1.807, 2.05) is 0 Å². The maximum atomic E-state index is 13.3. The van der Waals surface area contributed by atoms with Gasteiger partial charge in [-0.1, -0.05) is 6.58 Å². The third kappa shape index (κ3) is 2.75. The van der Waals surface area contributed by atoms with Gasteiger partial charge in [0, 0.05) is 5.57 Å². The molecule has 1 aromatic rings. The lowest BCUT2D eigenvalue weighted by Crippen LogP contribution is -2.18. The maximum absolute atomic E-state index is 13.3. The van der Waals surface area contributed by atoms with Crippen LogP contribution in [0.15, 0.2) is 12.2 Å². The second kappa shape index (κ2) is 5.14. The summed E-state index contributed by atoms with van der Waals surface area (Å²) in [6, 6.07) is 0. The van der Waals surface area contributed by atoms with Crippen LogP contribution in [0.5, 0.6) is 5.75 Å². The number of alkyl halides is 3. The molecule has 0 aliphatic rings. The average molecular weight is 302 g/mol. The Morgan fingerprint density at radius 1 is 1.00 bits per heavy atom. The summed E-state index contributed by atoms with van der Waals surface area (Å²) >= 11 is 0. The Morgan fingerprint density at radius 3 is 1.70 bits per heavy atom. The van der Waals surface area contributed by atoms with Crippen LogP contribution in [0.4, 0.5) is 30.7 Å². The summed E-state index contributed by atoms with van der Waals surface area (Å²) in [6.45, 7) is 4.08. The Balaban J connectivity index is 3.53. The van der Waals surface area contributed by atoms with Gasteiger partial charge in [0.15, 0.2) is 11.6 Å². The van der Waals surface area contributed by atoms with Crippen LogP contribution < -0.4 is 4.74 Å². The zero-order valence-electron chi connectivity index (χ0n) is 9.67. The maximum Gasteiger partial charge on any atom is 0.422 e. The van der Waals surface area contributed by atoms with E-state index in [0.29, 0.717) is 0 Å². The predicted octanol–water partition coefficient (Wildman–Crippen LogP) is 3.74. The topological polar surface area (TPSA) is 26.3 Å². The molecule has 0 unspecified atom stereocenters. The second-order valence-corrected chi connectivity index (χ2v) is 3.63. The van der Waals surface area contributed by atoms with Gasteiger partial charge in [0.2, 0.25) is 17.4 Å². The van der Waals surface area contributed by atoms with E-state index in [9.17, 15) is 35.5 Å². The van der Waals surface area contributed by atoms with E-state index in [4.69, 9.17) is 0 Å². The first-order valence-electron chi connectivity index (χ1n) is 4.79. The Morgan fingerprint density at radius 2 is 1.40 bits per heavy atom. The van der Waals surface area contributed by atoms with Crippen LogP contribution in [0.2, 0.25) is 0 Å². The van der Waals surface area contributed by atoms with E-state index >= 15 is 0 Å². The molecule has 0 atom stereocenters. The standard InChI is InChI=1S/C11H5F7O2/c1-3(2)10(19)20-9-7(14)5(12)4(11(16,17)18)6(13)8(9)15/h1H2,2H3. The van der Waals surface area contributed by atoms with Crippen LogP contribution in [-0.4, -0.2) is 5.97 Å². The SMILES string of the molecule is C=C(C)C(=O)Oc1c(F)c(F)c(C(F)(F)F)c(F)c1F. The number of benzene rings is 1. The Kier molecular flexibility index (Phi) is 4.11. The van der Waals surface area contributed by atoms with Crippen molar-refractivity contribution in [2.45, 2.75) is 13.1 Å². The minimum atomic E-state index is -5.66. The zero-order chi connectivity index (χ0) is 15.8. The molecule has 110 valence electrons. The smallest absolute Gasteiger partial charge is 0.417 e. The van der Waals surface area contributed by atoms with Crippen molar-refractivity contribution >= 4 is 5.97 Å². The van der Waals surface area contributed by atoms with Gasteiger partial charge in [0.05, 0.1) is 0 Å². The van der Waals surface area contributed by atoms with Gasteiger partial charge >= 0.3 is 12.1 Å². The van der Waals surface area contributed by atoms with Gasteiger partial charge < -0.3 is 4.74 Å². The normalized spacial score (nSPS) is 11.4. The largest absolute Gasteiger partial charge is 0.422 e. The highest BCUT2D eigenvalue weighted by Gasteiger charge is 2.43. The predicted molar refractivity (Wildman–Crippen MR) is 51.7 cm³/mol. The first-order valence-corrected chi connectivity index (χ1v) is 4.79. The molecule has 2 nitrogen and oxygen atoms in total. The van der Waals surface area contributed by atoms with E-state index in [1.54, 1.807) is 0 Å². The lowest BCUT2D eigenvalue weighted by atomic mass is 10.1. The summed E-state index contributed by atoms with van der Waals surface area (Å²) in [5.74, 6) is -13.7. The lowest BCUT2D eigenvalue weighted by molar-refractivity contribution is -0.143. The monoisotopic (exact) mass is 302 g/mol. The van der Waals surface area contributed by atoms with Gasteiger partial charge in [0.25, 0.3) is 0 Å². The van der Waals surface area contributed by atoms with Crippen molar-refractivity contribution in [3.8, 4) is 5.75 Å². The molecule has 0 saturated heterocycles. The fourth-order valence-corrected chi connectivity index (χ4v) is 1.13. The molecule has 0 fully saturated rings. The van der Waals surface area contributed by atoms with E-state index < -0.39 is 46.7 Å². The van der Waals surface area contributed by atoms with Crippen LogP contribution in [-0.2, 0) is 11.0 Å². The fourth-order valence-electron chi connectivity index (χ4n) is 1.13. The number of hydrogen-bond donors (Lipinski definition) is 0. The lowest BCUT2D eigenvalue weighted by Gasteiger charge is -2.13. The average Bonchev–Trinajstić information content (AvgIpc) is 2.30. The van der Waals surface area contributed by atoms with Crippen LogP contribution in [0.25, 0.3) is 0 Å². The van der Waals surface area contributed by atoms with Crippen molar-refractivity contribution in [2.75, 3.05) is 0 Å². The van der Waals surface area contributed by atoms with Crippen LogP contribution in [0.3, 0.4) is 0 Å². The van der Waals surface area contributed by atoms with Gasteiger partial charge in [-0.05, 0) is 6.92 Å². The van der Waals surface area contributed by atoms with Crippen molar-refractivity contribution in [3.05, 3.63) is 41.0 Å². The molecule has 20 heavy (non-hydrogen) atoms. The molecule has 9 heteroatoms. The van der Waals surface area contributed by atoms with Crippen LogP contribution in [0, 0.1) is 23.3 Å². The quantitative estimate of drug-likeness (QED) is 0.273. The summed E-state index contributed by atoms with van der Waals surface area (Å²) in [4.78, 5) is 11.0. The number of halogens is 7. The van der Waals surface area contributed by atoms with Crippen molar-refractivity contribution in [1.82, 2.24) is 0 Å². The highest BCUT2D eigenvalue weighted by atomic mass is 19.4. The molecule has 0 aromatic heterocycles. The van der Waals surface area contributed by atoms with E-state index in [1.165, 1.54) is 0 Å². The molecule has 0 saturated carbocycles. The zero-order valence-corrected chi connectivity index (χ0v) is 9.67. The third-order valence-electron chi connectivity index (χ3n) is 2.05. The number of carbonyl (C=O) groups is 1. The van der Waals surface area contributed by atoms with Crippen molar-refractivity contribution in [3.63, 3.8) is 0 Å². The number of ether oxygens (including phenoxy) is 1. The third-order valence-corrected chi connectivity index (χ3v) is 2.05. The van der Waals surface area contributed by atoms with E-state index in [-0.39, 0.29) is 5.57 Å². The number of rotatable bonds is 2. The fraction of sp³-hybridized carbons (Fsp3) is 0.182. The Bertz CT molecular complexity index is 560. The Labute approximate surface area is 107 Å². The summed E-state index contributed by atoms with van der Waals surface area (Å²) < 4.78 is 93.5. The molecule has 1 aromatic carbocycles. The summed E-state index contributed by atoms with van der Waals surface area (Å²) in [5, 5.41) is 0. The molecule has 0 aliphatic heterocycles. The van der Waals surface area contributed by atoms with E-state index in [2.05, 4.69) is 11.3 Å². The molecular formula is C11H5F7O2. The summed E-state index contributed by atoms with van der Waals surface area (Å²) in [6.07, 6.45) is -5.66. The van der Waals surface area contributed by atoms with Gasteiger partial charge in [-0.3, -0.25) is 0 Å². The molecule has 1 rings (SSSR count). The first kappa shape index (κ1) is 16.0. The van der Waals surface area contributed by atoms with Gasteiger partial charge in [-0.15, -0.1) is 0 Å². The van der Waals surface area contributed by atoms with E-state index in [0.717, 1.165) is 6.92 Å². The summed E-state index contributed by atoms with van der Waals surface area (Å²) in [7, 11) is 0. The molecule has 0 radical (unpaired) electrons. The van der Waals surface area contributed by atoms with Crippen LogP contribution >= 0.6 is 0 Å². The molecule has 0 spiro atoms. The number of carbonyl (C=O) groups excluding carboxylic acids is 1. The molecule has 0 heterocycles. The number of esters is 1. The van der Waals surface area contributed by atoms with Crippen molar-refractivity contribution in [2.24, 2.45) is 0 Å². The van der Waals surface area contributed by atoms with Gasteiger partial charge in [0.1, 0.15) is 5.56 Å². The molecule has 0 amide bonds. The van der Waals surface area contributed by atoms with Crippen LogP contribution in [0.1, 0.15) is 12.5 Å². The molecule has 0 bridgehead atoms. The minimum absolute atomic E-state index is 0.385. The highest BCUT2D eigenvalue weighted by molar-refractivity contribution is 5.88.